The molecule has 2 aromatic rings. The van der Waals surface area contributed by atoms with Crippen molar-refractivity contribution in [3.8, 4) is 0 Å². The molecule has 0 amide bonds. The van der Waals surface area contributed by atoms with E-state index in [1.54, 1.807) is 0 Å². The van der Waals surface area contributed by atoms with Crippen LogP contribution in [0.1, 0.15) is 36.4 Å². The van der Waals surface area contributed by atoms with E-state index in [1.165, 1.54) is 11.8 Å². The zero-order valence-corrected chi connectivity index (χ0v) is 11.3. The van der Waals surface area contributed by atoms with E-state index in [9.17, 15) is 4.79 Å². The minimum absolute atomic E-state index is 0.176. The Morgan fingerprint density at radius 1 is 1.05 bits per heavy atom. The van der Waals surface area contributed by atoms with Crippen molar-refractivity contribution in [1.82, 2.24) is 4.98 Å². The SMILES string of the molecule is O=CC12CC(c3ccccc3)(CC1c1ccccn1)C2. The van der Waals surface area contributed by atoms with Gasteiger partial charge in [0.2, 0.25) is 0 Å². The summed E-state index contributed by atoms with van der Waals surface area (Å²) >= 11 is 0. The van der Waals surface area contributed by atoms with Gasteiger partial charge in [-0.25, -0.2) is 0 Å². The number of benzene rings is 1. The highest BCUT2D eigenvalue weighted by Gasteiger charge is 2.67. The van der Waals surface area contributed by atoms with Gasteiger partial charge in [0.15, 0.2) is 0 Å². The second kappa shape index (κ2) is 4.02. The van der Waals surface area contributed by atoms with Crippen molar-refractivity contribution >= 4 is 6.29 Å². The van der Waals surface area contributed by atoms with Crippen molar-refractivity contribution in [1.29, 1.82) is 0 Å². The van der Waals surface area contributed by atoms with Crippen molar-refractivity contribution in [3.05, 3.63) is 66.0 Å². The fourth-order valence-corrected chi connectivity index (χ4v) is 4.45. The van der Waals surface area contributed by atoms with Crippen LogP contribution in [0.3, 0.4) is 0 Å². The molecular weight excluding hydrogens is 246 g/mol. The van der Waals surface area contributed by atoms with Gasteiger partial charge in [-0.1, -0.05) is 36.4 Å². The topological polar surface area (TPSA) is 30.0 Å². The lowest BCUT2D eigenvalue weighted by Gasteiger charge is -2.45. The van der Waals surface area contributed by atoms with Gasteiger partial charge in [-0.05, 0) is 42.4 Å². The highest BCUT2D eigenvalue weighted by molar-refractivity contribution is 5.68. The van der Waals surface area contributed by atoms with Crippen molar-refractivity contribution in [2.24, 2.45) is 5.41 Å². The van der Waals surface area contributed by atoms with Gasteiger partial charge >= 0.3 is 0 Å². The van der Waals surface area contributed by atoms with Crippen LogP contribution in [0.4, 0.5) is 0 Å². The lowest BCUT2D eigenvalue weighted by atomic mass is 9.57. The number of fused-ring (bicyclic) bond motifs is 1. The molecule has 0 radical (unpaired) electrons. The number of aldehydes is 1. The molecule has 2 bridgehead atoms. The van der Waals surface area contributed by atoms with E-state index >= 15 is 0 Å². The Kier molecular flexibility index (Phi) is 2.38. The van der Waals surface area contributed by atoms with Crippen LogP contribution in [-0.2, 0) is 10.2 Å². The van der Waals surface area contributed by atoms with E-state index in [0.29, 0.717) is 0 Å². The Labute approximate surface area is 118 Å². The fourth-order valence-electron chi connectivity index (χ4n) is 4.45. The summed E-state index contributed by atoms with van der Waals surface area (Å²) in [4.78, 5) is 16.2. The Morgan fingerprint density at radius 3 is 2.45 bits per heavy atom. The molecule has 3 aliphatic rings. The molecule has 1 unspecified atom stereocenters. The Balaban J connectivity index is 1.73. The first-order valence-corrected chi connectivity index (χ1v) is 7.21. The predicted molar refractivity (Wildman–Crippen MR) is 77.4 cm³/mol. The summed E-state index contributed by atoms with van der Waals surface area (Å²) in [5.74, 6) is 0.279. The number of rotatable bonds is 3. The molecule has 100 valence electrons. The first-order chi connectivity index (χ1) is 9.78. The van der Waals surface area contributed by atoms with Gasteiger partial charge in [-0.2, -0.15) is 0 Å². The van der Waals surface area contributed by atoms with E-state index in [1.807, 2.05) is 18.3 Å². The first-order valence-electron chi connectivity index (χ1n) is 7.21. The number of nitrogens with zero attached hydrogens (tertiary/aromatic N) is 1. The minimum atomic E-state index is -0.176. The number of pyridine rings is 1. The summed E-state index contributed by atoms with van der Waals surface area (Å²) in [6.45, 7) is 0. The van der Waals surface area contributed by atoms with Gasteiger partial charge in [0.1, 0.15) is 6.29 Å². The van der Waals surface area contributed by atoms with Crippen LogP contribution in [0.2, 0.25) is 0 Å². The molecule has 3 saturated carbocycles. The maximum Gasteiger partial charge on any atom is 0.126 e. The van der Waals surface area contributed by atoms with Crippen LogP contribution in [0.5, 0.6) is 0 Å². The smallest absolute Gasteiger partial charge is 0.126 e. The van der Waals surface area contributed by atoms with Crippen LogP contribution >= 0.6 is 0 Å². The average molecular weight is 263 g/mol. The zero-order valence-electron chi connectivity index (χ0n) is 11.3. The molecule has 1 atom stereocenters. The lowest BCUT2D eigenvalue weighted by Crippen LogP contribution is -2.43. The minimum Gasteiger partial charge on any atom is -0.303 e. The van der Waals surface area contributed by atoms with Crippen LogP contribution in [-0.4, -0.2) is 11.3 Å². The lowest BCUT2D eigenvalue weighted by molar-refractivity contribution is -0.121. The summed E-state index contributed by atoms with van der Waals surface area (Å²) in [5, 5.41) is 0. The molecule has 0 N–H and O–H groups in total. The number of carbonyl (C=O) groups is 1. The number of aromatic nitrogens is 1. The van der Waals surface area contributed by atoms with Crippen LogP contribution < -0.4 is 0 Å². The second-order valence-corrected chi connectivity index (χ2v) is 6.36. The monoisotopic (exact) mass is 263 g/mol. The van der Waals surface area contributed by atoms with Crippen molar-refractivity contribution < 1.29 is 4.79 Å². The van der Waals surface area contributed by atoms with Crippen molar-refractivity contribution in [3.63, 3.8) is 0 Å². The number of hydrogen-bond acceptors (Lipinski definition) is 2. The molecule has 0 spiro atoms. The van der Waals surface area contributed by atoms with Crippen LogP contribution in [0.15, 0.2) is 54.7 Å². The molecule has 1 heterocycles. The molecule has 1 aromatic heterocycles. The third kappa shape index (κ3) is 1.45. The molecular formula is C18H17NO. The number of hydrogen-bond donors (Lipinski definition) is 0. The molecule has 3 aliphatic carbocycles. The van der Waals surface area contributed by atoms with Gasteiger partial charge in [0.25, 0.3) is 0 Å². The van der Waals surface area contributed by atoms with Crippen molar-refractivity contribution in [2.45, 2.75) is 30.6 Å². The number of carbonyl (C=O) groups excluding carboxylic acids is 1. The van der Waals surface area contributed by atoms with E-state index in [4.69, 9.17) is 0 Å². The summed E-state index contributed by atoms with van der Waals surface area (Å²) < 4.78 is 0. The van der Waals surface area contributed by atoms with Crippen LogP contribution in [0.25, 0.3) is 0 Å². The van der Waals surface area contributed by atoms with E-state index in [0.717, 1.165) is 25.0 Å². The molecule has 2 nitrogen and oxygen atoms in total. The summed E-state index contributed by atoms with van der Waals surface area (Å²) in [6, 6.07) is 16.7. The largest absolute Gasteiger partial charge is 0.303 e. The quantitative estimate of drug-likeness (QED) is 0.793. The molecule has 2 heteroatoms. The van der Waals surface area contributed by atoms with Gasteiger partial charge in [0, 0.05) is 23.2 Å². The molecule has 5 rings (SSSR count). The summed E-state index contributed by atoms with van der Waals surface area (Å²) in [7, 11) is 0. The normalized spacial score (nSPS) is 34.5. The van der Waals surface area contributed by atoms with Crippen LogP contribution in [0, 0.1) is 5.41 Å². The van der Waals surface area contributed by atoms with Gasteiger partial charge in [0.05, 0.1) is 0 Å². The third-order valence-electron chi connectivity index (χ3n) is 5.29. The zero-order chi connectivity index (χ0) is 13.6. The Bertz CT molecular complexity index is 629. The summed E-state index contributed by atoms with van der Waals surface area (Å²) in [6.07, 6.45) is 6.04. The van der Waals surface area contributed by atoms with E-state index < -0.39 is 0 Å². The van der Waals surface area contributed by atoms with Gasteiger partial charge < -0.3 is 4.79 Å². The second-order valence-electron chi connectivity index (χ2n) is 6.36. The summed E-state index contributed by atoms with van der Waals surface area (Å²) in [5.41, 5.74) is 2.49. The molecule has 3 fully saturated rings. The molecule has 20 heavy (non-hydrogen) atoms. The fraction of sp³-hybridized carbons (Fsp3) is 0.333. The van der Waals surface area contributed by atoms with Crippen molar-refractivity contribution in [2.75, 3.05) is 0 Å². The molecule has 0 aliphatic heterocycles. The Hall–Kier alpha value is -1.96. The molecule has 1 aromatic carbocycles. The third-order valence-corrected chi connectivity index (χ3v) is 5.29. The van der Waals surface area contributed by atoms with Gasteiger partial charge in [-0.15, -0.1) is 0 Å². The first kappa shape index (κ1) is 11.8. The predicted octanol–water partition coefficient (Wildman–Crippen LogP) is 3.49. The standard InChI is InChI=1S/C18H17NO/c20-13-18-11-17(12-18,14-6-2-1-3-7-14)10-15(18)16-8-4-5-9-19-16/h1-9,13,15H,10-12H2. The average Bonchev–Trinajstić information content (AvgIpc) is 3.01. The Morgan fingerprint density at radius 2 is 1.80 bits per heavy atom. The highest BCUT2D eigenvalue weighted by Crippen LogP contribution is 2.71. The maximum atomic E-state index is 11.7. The molecule has 0 saturated heterocycles. The highest BCUT2D eigenvalue weighted by atomic mass is 16.1. The van der Waals surface area contributed by atoms with E-state index in [-0.39, 0.29) is 16.7 Å². The van der Waals surface area contributed by atoms with E-state index in [2.05, 4.69) is 41.4 Å². The maximum absolute atomic E-state index is 11.7. The van der Waals surface area contributed by atoms with Gasteiger partial charge in [-0.3, -0.25) is 4.98 Å².